The van der Waals surface area contributed by atoms with E-state index in [4.69, 9.17) is 9.47 Å². The van der Waals surface area contributed by atoms with E-state index in [-0.39, 0.29) is 17.7 Å². The first-order valence-electron chi connectivity index (χ1n) is 15.6. The van der Waals surface area contributed by atoms with E-state index in [0.29, 0.717) is 42.9 Å². The van der Waals surface area contributed by atoms with Crippen LogP contribution in [0.4, 0.5) is 8.78 Å². The van der Waals surface area contributed by atoms with Gasteiger partial charge in [0, 0.05) is 18.0 Å². The molecular weight excluding hydrogens is 608 g/mol. The summed E-state index contributed by atoms with van der Waals surface area (Å²) in [6.45, 7) is 0.406. The van der Waals surface area contributed by atoms with Crippen LogP contribution in [0.5, 0.6) is 5.75 Å². The summed E-state index contributed by atoms with van der Waals surface area (Å²) in [5.41, 5.74) is 2.83. The minimum atomic E-state index is -0.789. The molecule has 0 radical (unpaired) electrons. The Kier molecular flexibility index (Phi) is 11.8. The van der Waals surface area contributed by atoms with Gasteiger partial charge in [-0.1, -0.05) is 30.3 Å². The zero-order valence-electron chi connectivity index (χ0n) is 25.9. The van der Waals surface area contributed by atoms with Gasteiger partial charge in [-0.05, 0) is 110 Å². The number of rotatable bonds is 15. The lowest BCUT2D eigenvalue weighted by molar-refractivity contribution is -0.151. The number of aromatic nitrogens is 2. The Hall–Kier alpha value is -4.18. The van der Waals surface area contributed by atoms with Gasteiger partial charge in [-0.15, -0.1) is 0 Å². The first-order chi connectivity index (χ1) is 22.4. The second-order valence-electron chi connectivity index (χ2n) is 11.5. The Morgan fingerprint density at radius 3 is 2.39 bits per heavy atom. The van der Waals surface area contributed by atoms with Gasteiger partial charge in [0.25, 0.3) is 5.91 Å². The maximum atomic E-state index is 14.0. The van der Waals surface area contributed by atoms with Gasteiger partial charge in [-0.25, -0.2) is 18.6 Å². The fourth-order valence-electron chi connectivity index (χ4n) is 5.60. The third kappa shape index (κ3) is 9.42. The molecule has 0 saturated heterocycles. The van der Waals surface area contributed by atoms with Crippen LogP contribution in [0.25, 0.3) is 0 Å². The minimum absolute atomic E-state index is 0.108. The van der Waals surface area contributed by atoms with Crippen molar-refractivity contribution < 1.29 is 27.8 Å². The molecule has 1 N–H and O–H groups in total. The van der Waals surface area contributed by atoms with Crippen LogP contribution in [-0.2, 0) is 28.9 Å². The molecule has 1 aliphatic carbocycles. The van der Waals surface area contributed by atoms with E-state index in [0.717, 1.165) is 42.4 Å². The average Bonchev–Trinajstić information content (AvgIpc) is 3.78. The van der Waals surface area contributed by atoms with E-state index in [9.17, 15) is 18.4 Å². The quantitative estimate of drug-likeness (QED) is 0.139. The summed E-state index contributed by atoms with van der Waals surface area (Å²) in [6.07, 6.45) is 11.8. The summed E-state index contributed by atoms with van der Waals surface area (Å²) in [4.78, 5) is 31.3. The number of esters is 1. The maximum absolute atomic E-state index is 14.0. The molecule has 1 heterocycles. The van der Waals surface area contributed by atoms with Gasteiger partial charge >= 0.3 is 5.97 Å². The fraction of sp³-hybridized carbons (Fsp3) is 0.361. The first-order valence-corrected chi connectivity index (χ1v) is 17.0. The molecule has 5 rings (SSSR count). The number of nitrogens with zero attached hydrogens (tertiary/aromatic N) is 2. The number of thioether (sulfide) groups is 1. The van der Waals surface area contributed by atoms with Crippen molar-refractivity contribution in [2.45, 2.75) is 69.7 Å². The number of ether oxygens (including phenoxy) is 2. The highest BCUT2D eigenvalue weighted by atomic mass is 32.2. The Balaban J connectivity index is 1.41. The average molecular weight is 648 g/mol. The Morgan fingerprint density at radius 1 is 1.00 bits per heavy atom. The molecule has 242 valence electrons. The van der Waals surface area contributed by atoms with Gasteiger partial charge in [-0.2, -0.15) is 11.8 Å². The van der Waals surface area contributed by atoms with E-state index >= 15 is 0 Å². The van der Waals surface area contributed by atoms with Gasteiger partial charge in [0.05, 0.1) is 12.9 Å². The van der Waals surface area contributed by atoms with Crippen LogP contribution in [0.2, 0.25) is 0 Å². The summed E-state index contributed by atoms with van der Waals surface area (Å²) in [5.74, 6) is -0.346. The summed E-state index contributed by atoms with van der Waals surface area (Å²) < 4.78 is 41.4. The molecular formula is C36H39F2N3O4S. The molecule has 0 spiro atoms. The highest BCUT2D eigenvalue weighted by Gasteiger charge is 2.28. The number of benzene rings is 3. The van der Waals surface area contributed by atoms with E-state index in [1.807, 2.05) is 23.1 Å². The predicted octanol–water partition coefficient (Wildman–Crippen LogP) is 7.10. The molecule has 3 aromatic carbocycles. The van der Waals surface area contributed by atoms with E-state index in [2.05, 4.69) is 10.3 Å². The number of nitrogens with one attached hydrogen (secondary N) is 1. The van der Waals surface area contributed by atoms with Crippen LogP contribution in [0.15, 0.2) is 85.5 Å². The van der Waals surface area contributed by atoms with Gasteiger partial charge in [-0.3, -0.25) is 4.79 Å². The summed E-state index contributed by atoms with van der Waals surface area (Å²) in [7, 11) is 0. The summed E-state index contributed by atoms with van der Waals surface area (Å²) in [6, 6.07) is 17.0. The van der Waals surface area contributed by atoms with Crippen LogP contribution < -0.4 is 10.1 Å². The number of hydrogen-bond acceptors (Lipinski definition) is 6. The molecule has 0 aliphatic heterocycles. The maximum Gasteiger partial charge on any atom is 0.328 e. The van der Waals surface area contributed by atoms with E-state index in [1.54, 1.807) is 60.7 Å². The number of aryl methyl sites for hydroxylation is 2. The Morgan fingerprint density at radius 2 is 1.72 bits per heavy atom. The Bertz CT molecular complexity index is 1560. The smallest absolute Gasteiger partial charge is 0.328 e. The largest absolute Gasteiger partial charge is 0.484 e. The normalized spacial score (nSPS) is 14.5. The van der Waals surface area contributed by atoms with E-state index in [1.165, 1.54) is 24.3 Å². The van der Waals surface area contributed by atoms with Crippen LogP contribution in [0.3, 0.4) is 0 Å². The second kappa shape index (κ2) is 16.4. The molecule has 1 unspecified atom stereocenters. The molecule has 0 bridgehead atoms. The van der Waals surface area contributed by atoms with Crippen molar-refractivity contribution >= 4 is 23.6 Å². The molecule has 2 atom stereocenters. The van der Waals surface area contributed by atoms with Crippen molar-refractivity contribution in [3.05, 3.63) is 119 Å². The highest BCUT2D eigenvalue weighted by molar-refractivity contribution is 7.98. The summed E-state index contributed by atoms with van der Waals surface area (Å²) >= 11 is 1.60. The number of carbonyl (C=O) groups is 2. The fourth-order valence-corrected chi connectivity index (χ4v) is 6.07. The molecule has 1 saturated carbocycles. The van der Waals surface area contributed by atoms with Crippen LogP contribution >= 0.6 is 11.8 Å². The van der Waals surface area contributed by atoms with Crippen LogP contribution in [0.1, 0.15) is 65.3 Å². The van der Waals surface area contributed by atoms with Gasteiger partial charge in [0.2, 0.25) is 0 Å². The number of carbonyl (C=O) groups excluding carboxylic acids is 2. The molecule has 46 heavy (non-hydrogen) atoms. The lowest BCUT2D eigenvalue weighted by atomic mass is 9.98. The van der Waals surface area contributed by atoms with Crippen molar-refractivity contribution in [1.82, 2.24) is 14.9 Å². The first kappa shape index (κ1) is 33.2. The molecule has 4 aromatic rings. The van der Waals surface area contributed by atoms with Gasteiger partial charge in [0.1, 0.15) is 35.6 Å². The zero-order chi connectivity index (χ0) is 32.3. The molecule has 10 heteroatoms. The predicted molar refractivity (Wildman–Crippen MR) is 175 cm³/mol. The Labute approximate surface area is 272 Å². The molecule has 1 fully saturated rings. The molecule has 1 aromatic heterocycles. The zero-order valence-corrected chi connectivity index (χ0v) is 26.7. The minimum Gasteiger partial charge on any atom is -0.484 e. The molecule has 7 nitrogen and oxygen atoms in total. The third-order valence-electron chi connectivity index (χ3n) is 8.16. The van der Waals surface area contributed by atoms with Gasteiger partial charge < -0.3 is 19.4 Å². The number of halogens is 2. The standard InChI is InChI=1S/C36H39F2N3O4S/c1-46-21-18-33(36(43)45-30-4-2-3-5-30)40-35(42)32-22-31(17-12-26(32)9-6-25-7-13-28(37)14-8-25)44-34(23-41-20-19-39-24-41)27-10-15-29(38)16-11-27/h7-8,10-17,19-20,22,24,30,33-34H,2-6,9,18,21,23H2,1H3,(H,40,42)/t33-,34?/m0/s1. The van der Waals surface area contributed by atoms with Crippen molar-refractivity contribution in [3.8, 4) is 5.75 Å². The SMILES string of the molecule is CSCC[C@H](NC(=O)c1cc(OC(Cn2ccnc2)c2ccc(F)cc2)ccc1CCc1ccc(F)cc1)C(=O)OC1CCCC1. The number of imidazole rings is 1. The van der Waals surface area contributed by atoms with Gasteiger partial charge in [0.15, 0.2) is 0 Å². The lowest BCUT2D eigenvalue weighted by Gasteiger charge is -2.23. The monoisotopic (exact) mass is 647 g/mol. The molecule has 1 amide bonds. The van der Waals surface area contributed by atoms with Crippen molar-refractivity contribution in [3.63, 3.8) is 0 Å². The second-order valence-corrected chi connectivity index (χ2v) is 12.5. The third-order valence-corrected chi connectivity index (χ3v) is 8.81. The molecule has 1 aliphatic rings. The van der Waals surface area contributed by atoms with Crippen LogP contribution in [0, 0.1) is 11.6 Å². The highest BCUT2D eigenvalue weighted by Crippen LogP contribution is 2.28. The van der Waals surface area contributed by atoms with Crippen molar-refractivity contribution in [1.29, 1.82) is 0 Å². The lowest BCUT2D eigenvalue weighted by Crippen LogP contribution is -2.43. The topological polar surface area (TPSA) is 82.5 Å². The number of amides is 1. The summed E-state index contributed by atoms with van der Waals surface area (Å²) in [5, 5.41) is 2.96. The van der Waals surface area contributed by atoms with Crippen molar-refractivity contribution in [2.75, 3.05) is 12.0 Å². The van der Waals surface area contributed by atoms with Crippen molar-refractivity contribution in [2.24, 2.45) is 0 Å². The van der Waals surface area contributed by atoms with Crippen LogP contribution in [-0.4, -0.2) is 45.6 Å². The number of hydrogen-bond donors (Lipinski definition) is 1. The van der Waals surface area contributed by atoms with E-state index < -0.39 is 24.0 Å².